The summed E-state index contributed by atoms with van der Waals surface area (Å²) < 4.78 is 1.31. The minimum absolute atomic E-state index is 0. The summed E-state index contributed by atoms with van der Waals surface area (Å²) in [6, 6.07) is 0. The van der Waals surface area contributed by atoms with E-state index in [-0.39, 0.29) is 24.0 Å². The fraction of sp³-hybridized carbons (Fsp3) is 1.00. The van der Waals surface area contributed by atoms with Crippen LogP contribution in [0.3, 0.4) is 0 Å². The van der Waals surface area contributed by atoms with E-state index in [0.717, 1.165) is 0 Å². The number of rotatable bonds is 3. The summed E-state index contributed by atoms with van der Waals surface area (Å²) in [6.45, 7) is 4.05. The smallest absolute Gasteiger partial charge is 0.000744 e. The van der Waals surface area contributed by atoms with Gasteiger partial charge in [-0.2, -0.15) is 0 Å². The third-order valence-electron chi connectivity index (χ3n) is 1.81. The number of hydrogen-bond donors (Lipinski definition) is 0. The molecular weight excluding hydrogens is 352 g/mol. The molecule has 1 saturated heterocycles. The van der Waals surface area contributed by atoms with Crippen LogP contribution in [0.2, 0.25) is 0 Å². The first kappa shape index (κ1) is 11.4. The Hall–Kier alpha value is 1.42. The standard InChI is InChI=1S/C7H14IN.HI/c8-4-3-7-9-5-1-2-6-9;/h1-7H2;1H. The van der Waals surface area contributed by atoms with Crippen LogP contribution < -0.4 is 0 Å². The third kappa shape index (κ3) is 4.33. The van der Waals surface area contributed by atoms with Crippen molar-refractivity contribution >= 4 is 46.6 Å². The Balaban J connectivity index is 0.000000810. The highest BCUT2D eigenvalue weighted by molar-refractivity contribution is 14.1. The van der Waals surface area contributed by atoms with Gasteiger partial charge in [0.2, 0.25) is 0 Å². The van der Waals surface area contributed by atoms with Crippen molar-refractivity contribution in [3.05, 3.63) is 0 Å². The summed E-state index contributed by atoms with van der Waals surface area (Å²) in [7, 11) is 0. The lowest BCUT2D eigenvalue weighted by Crippen LogP contribution is -2.20. The van der Waals surface area contributed by atoms with Gasteiger partial charge in [-0.1, -0.05) is 22.6 Å². The highest BCUT2D eigenvalue weighted by Gasteiger charge is 2.09. The molecule has 0 spiro atoms. The van der Waals surface area contributed by atoms with Crippen LogP contribution >= 0.6 is 46.6 Å². The van der Waals surface area contributed by atoms with Crippen molar-refractivity contribution in [2.45, 2.75) is 19.3 Å². The van der Waals surface area contributed by atoms with Crippen LogP contribution in [0.5, 0.6) is 0 Å². The number of halogens is 2. The quantitative estimate of drug-likeness (QED) is 0.548. The molecule has 10 heavy (non-hydrogen) atoms. The van der Waals surface area contributed by atoms with Gasteiger partial charge in [-0.3, -0.25) is 0 Å². The molecule has 0 bridgehead atoms. The predicted molar refractivity (Wildman–Crippen MR) is 64.6 cm³/mol. The van der Waals surface area contributed by atoms with Gasteiger partial charge in [0, 0.05) is 4.43 Å². The zero-order chi connectivity index (χ0) is 6.53. The minimum Gasteiger partial charge on any atom is -0.303 e. The maximum absolute atomic E-state index is 2.57. The molecule has 62 valence electrons. The number of nitrogens with zero attached hydrogens (tertiary/aromatic N) is 1. The molecule has 0 aromatic heterocycles. The average molecular weight is 367 g/mol. The fourth-order valence-corrected chi connectivity index (χ4v) is 1.63. The number of hydrogen-bond acceptors (Lipinski definition) is 1. The highest BCUT2D eigenvalue weighted by atomic mass is 127. The van der Waals surface area contributed by atoms with Crippen LogP contribution in [0.15, 0.2) is 0 Å². The van der Waals surface area contributed by atoms with Crippen LogP contribution in [-0.4, -0.2) is 29.0 Å². The molecule has 1 nitrogen and oxygen atoms in total. The Kier molecular flexibility index (Phi) is 8.10. The third-order valence-corrected chi connectivity index (χ3v) is 2.57. The van der Waals surface area contributed by atoms with Crippen LogP contribution in [0.4, 0.5) is 0 Å². The fourth-order valence-electron chi connectivity index (χ4n) is 1.29. The van der Waals surface area contributed by atoms with Crippen LogP contribution in [-0.2, 0) is 0 Å². The zero-order valence-electron chi connectivity index (χ0n) is 6.18. The maximum Gasteiger partial charge on any atom is 0.000744 e. The Morgan fingerprint density at radius 1 is 1.20 bits per heavy atom. The van der Waals surface area contributed by atoms with E-state index in [9.17, 15) is 0 Å². The summed E-state index contributed by atoms with van der Waals surface area (Å²) in [5.74, 6) is 0. The molecule has 0 unspecified atom stereocenters. The molecule has 0 radical (unpaired) electrons. The Morgan fingerprint density at radius 2 is 1.80 bits per heavy atom. The van der Waals surface area contributed by atoms with Crippen LogP contribution in [0.25, 0.3) is 0 Å². The van der Waals surface area contributed by atoms with E-state index in [1.807, 2.05) is 0 Å². The van der Waals surface area contributed by atoms with E-state index >= 15 is 0 Å². The van der Waals surface area contributed by atoms with Crippen molar-refractivity contribution in [2.24, 2.45) is 0 Å². The molecule has 0 aromatic rings. The van der Waals surface area contributed by atoms with Gasteiger partial charge >= 0.3 is 0 Å². The Labute approximate surface area is 94.1 Å². The molecule has 1 heterocycles. The molecule has 0 amide bonds. The topological polar surface area (TPSA) is 3.24 Å². The SMILES string of the molecule is I.ICCCN1CCCC1. The van der Waals surface area contributed by atoms with Crippen molar-refractivity contribution in [3.63, 3.8) is 0 Å². The summed E-state index contributed by atoms with van der Waals surface area (Å²) in [6.07, 6.45) is 4.24. The van der Waals surface area contributed by atoms with E-state index in [1.54, 1.807) is 0 Å². The predicted octanol–water partition coefficient (Wildman–Crippen LogP) is 2.53. The molecule has 0 aliphatic carbocycles. The lowest BCUT2D eigenvalue weighted by molar-refractivity contribution is 0.341. The first-order chi connectivity index (χ1) is 4.43. The molecule has 1 aliphatic rings. The van der Waals surface area contributed by atoms with Gasteiger partial charge in [0.1, 0.15) is 0 Å². The van der Waals surface area contributed by atoms with E-state index in [2.05, 4.69) is 27.5 Å². The van der Waals surface area contributed by atoms with Gasteiger partial charge in [-0.15, -0.1) is 24.0 Å². The summed E-state index contributed by atoms with van der Waals surface area (Å²) >= 11 is 2.45. The van der Waals surface area contributed by atoms with Gasteiger partial charge in [0.15, 0.2) is 0 Å². The Morgan fingerprint density at radius 3 is 2.30 bits per heavy atom. The summed E-state index contributed by atoms with van der Waals surface area (Å²) in [4.78, 5) is 2.57. The lowest BCUT2D eigenvalue weighted by atomic mass is 10.4. The van der Waals surface area contributed by atoms with Crippen LogP contribution in [0.1, 0.15) is 19.3 Å². The van der Waals surface area contributed by atoms with Crippen molar-refractivity contribution in [2.75, 3.05) is 24.1 Å². The van der Waals surface area contributed by atoms with E-state index in [0.29, 0.717) is 0 Å². The van der Waals surface area contributed by atoms with Crippen LogP contribution in [0, 0.1) is 0 Å². The first-order valence-electron chi connectivity index (χ1n) is 3.72. The number of alkyl halides is 1. The van der Waals surface area contributed by atoms with Gasteiger partial charge in [0.25, 0.3) is 0 Å². The van der Waals surface area contributed by atoms with Gasteiger partial charge < -0.3 is 4.90 Å². The van der Waals surface area contributed by atoms with Crippen molar-refractivity contribution in [1.29, 1.82) is 0 Å². The van der Waals surface area contributed by atoms with Gasteiger partial charge in [-0.25, -0.2) is 0 Å². The zero-order valence-corrected chi connectivity index (χ0v) is 10.7. The highest BCUT2D eigenvalue weighted by Crippen LogP contribution is 2.07. The average Bonchev–Trinajstić information content (AvgIpc) is 2.34. The van der Waals surface area contributed by atoms with Crippen molar-refractivity contribution < 1.29 is 0 Å². The van der Waals surface area contributed by atoms with Gasteiger partial charge in [0.05, 0.1) is 0 Å². The molecule has 0 saturated carbocycles. The van der Waals surface area contributed by atoms with Gasteiger partial charge in [-0.05, 0) is 38.9 Å². The molecule has 1 fully saturated rings. The maximum atomic E-state index is 2.57. The van der Waals surface area contributed by atoms with E-state index in [1.165, 1.54) is 43.3 Å². The van der Waals surface area contributed by atoms with Crippen molar-refractivity contribution in [3.8, 4) is 0 Å². The number of likely N-dealkylation sites (tertiary alicyclic amines) is 1. The largest absolute Gasteiger partial charge is 0.303 e. The second kappa shape index (κ2) is 7.09. The molecule has 0 aromatic carbocycles. The Bertz CT molecular complexity index is 72.0. The molecule has 0 atom stereocenters. The molecule has 1 rings (SSSR count). The van der Waals surface area contributed by atoms with Crippen molar-refractivity contribution in [1.82, 2.24) is 4.90 Å². The normalized spacial score (nSPS) is 18.9. The summed E-state index contributed by atoms with van der Waals surface area (Å²) in [5, 5.41) is 0. The lowest BCUT2D eigenvalue weighted by Gasteiger charge is -2.12. The minimum atomic E-state index is 0. The molecule has 1 aliphatic heterocycles. The molecule has 3 heteroatoms. The second-order valence-electron chi connectivity index (χ2n) is 2.59. The second-order valence-corrected chi connectivity index (χ2v) is 3.67. The molecule has 0 N–H and O–H groups in total. The monoisotopic (exact) mass is 367 g/mol. The van der Waals surface area contributed by atoms with E-state index in [4.69, 9.17) is 0 Å². The molecular formula is C7H15I2N. The summed E-state index contributed by atoms with van der Waals surface area (Å²) in [5.41, 5.74) is 0. The first-order valence-corrected chi connectivity index (χ1v) is 5.24. The van der Waals surface area contributed by atoms with E-state index < -0.39 is 0 Å².